The van der Waals surface area contributed by atoms with E-state index in [1.165, 1.54) is 0 Å². The molecule has 2 N–H and O–H groups in total. The number of rotatable bonds is 2. The first-order valence-electron chi connectivity index (χ1n) is 8.43. The van der Waals surface area contributed by atoms with Crippen LogP contribution in [0.3, 0.4) is 0 Å². The molecule has 1 aliphatic carbocycles. The van der Waals surface area contributed by atoms with E-state index >= 15 is 0 Å². The number of hydrazone groups is 1. The lowest BCUT2D eigenvalue weighted by Crippen LogP contribution is -2.28. The number of para-hydroxylation sites is 1. The van der Waals surface area contributed by atoms with Crippen LogP contribution >= 0.6 is 0 Å². The SMILES string of the molecule is C1=CC2=N/C(=N/N/C=C3\C=CNc4ccccc43)c3nccn3C2C=C1. The van der Waals surface area contributed by atoms with Gasteiger partial charge in [-0.1, -0.05) is 36.4 Å². The van der Waals surface area contributed by atoms with Crippen molar-refractivity contribution in [2.24, 2.45) is 10.1 Å². The molecule has 0 fully saturated rings. The van der Waals surface area contributed by atoms with Crippen molar-refractivity contribution in [1.82, 2.24) is 15.0 Å². The molecular weight excluding hydrogens is 324 g/mol. The summed E-state index contributed by atoms with van der Waals surface area (Å²) in [5.74, 6) is 1.33. The fraction of sp³-hybridized carbons (Fsp3) is 0.0500. The van der Waals surface area contributed by atoms with Crippen LogP contribution in [0, 0.1) is 0 Å². The van der Waals surface area contributed by atoms with Gasteiger partial charge in [0.05, 0.1) is 11.8 Å². The number of allylic oxidation sites excluding steroid dienone is 6. The van der Waals surface area contributed by atoms with E-state index in [0.29, 0.717) is 5.84 Å². The molecule has 1 aromatic heterocycles. The Hall–Kier alpha value is -3.67. The van der Waals surface area contributed by atoms with Gasteiger partial charge < -0.3 is 9.88 Å². The molecule has 1 unspecified atom stereocenters. The molecular formula is C20H16N6. The first-order chi connectivity index (χ1) is 12.9. The summed E-state index contributed by atoms with van der Waals surface area (Å²) in [5.41, 5.74) is 7.24. The van der Waals surface area contributed by atoms with Crippen molar-refractivity contribution in [3.63, 3.8) is 0 Å². The maximum absolute atomic E-state index is 4.67. The normalized spacial score (nSPS) is 22.5. The Morgan fingerprint density at radius 3 is 3.15 bits per heavy atom. The zero-order chi connectivity index (χ0) is 17.3. The number of aromatic nitrogens is 2. The number of hydrogen-bond donors (Lipinski definition) is 2. The first kappa shape index (κ1) is 14.7. The number of fused-ring (bicyclic) bond motifs is 4. The van der Waals surface area contributed by atoms with Crippen molar-refractivity contribution in [3.05, 3.63) is 90.8 Å². The van der Waals surface area contributed by atoms with Gasteiger partial charge in [0.15, 0.2) is 5.82 Å². The molecule has 2 aliphatic heterocycles. The lowest BCUT2D eigenvalue weighted by Gasteiger charge is -2.23. The summed E-state index contributed by atoms with van der Waals surface area (Å²) in [7, 11) is 0. The van der Waals surface area contributed by atoms with Crippen LogP contribution in [0.5, 0.6) is 0 Å². The Morgan fingerprint density at radius 1 is 1.19 bits per heavy atom. The highest BCUT2D eigenvalue weighted by atomic mass is 15.3. The van der Waals surface area contributed by atoms with Crippen LogP contribution in [0.1, 0.15) is 17.4 Å². The van der Waals surface area contributed by atoms with Crippen molar-refractivity contribution in [2.45, 2.75) is 6.04 Å². The summed E-state index contributed by atoms with van der Waals surface area (Å²) in [4.78, 5) is 9.08. The third-order valence-corrected chi connectivity index (χ3v) is 4.51. The Morgan fingerprint density at radius 2 is 2.15 bits per heavy atom. The minimum atomic E-state index is 0.0917. The maximum atomic E-state index is 4.67. The predicted octanol–water partition coefficient (Wildman–Crippen LogP) is 3.24. The first-order valence-corrected chi connectivity index (χ1v) is 8.43. The zero-order valence-electron chi connectivity index (χ0n) is 13.9. The average Bonchev–Trinajstić information content (AvgIpc) is 3.19. The number of nitrogens with one attached hydrogen (secondary N) is 2. The zero-order valence-corrected chi connectivity index (χ0v) is 13.9. The van der Waals surface area contributed by atoms with Gasteiger partial charge in [0.25, 0.3) is 0 Å². The minimum absolute atomic E-state index is 0.0917. The molecule has 2 aromatic rings. The molecule has 0 amide bonds. The number of benzene rings is 1. The predicted molar refractivity (Wildman–Crippen MR) is 104 cm³/mol. The standard InChI is InChI=1S/C20H16N6/c1-2-6-16-15(5-1)14(9-10-21-16)13-23-25-19-20-22-11-12-26(20)18-8-4-3-7-17(18)24-19/h1-13,18,21,23H/b14-13+,25-19+. The second-order valence-corrected chi connectivity index (χ2v) is 6.07. The molecule has 3 heterocycles. The van der Waals surface area contributed by atoms with Crippen LogP contribution in [0.4, 0.5) is 5.69 Å². The van der Waals surface area contributed by atoms with Gasteiger partial charge in [0.1, 0.15) is 0 Å². The monoisotopic (exact) mass is 340 g/mol. The number of anilines is 1. The molecule has 3 aliphatic rings. The Labute approximate surface area is 150 Å². The van der Waals surface area contributed by atoms with E-state index in [-0.39, 0.29) is 6.04 Å². The second kappa shape index (κ2) is 6.00. The van der Waals surface area contributed by atoms with E-state index < -0.39 is 0 Å². The Kier molecular flexibility index (Phi) is 3.38. The van der Waals surface area contributed by atoms with Gasteiger partial charge in [-0.2, -0.15) is 5.10 Å². The molecule has 1 atom stereocenters. The van der Waals surface area contributed by atoms with Gasteiger partial charge in [-0.05, 0) is 18.2 Å². The Bertz CT molecular complexity index is 1050. The molecule has 26 heavy (non-hydrogen) atoms. The Balaban J connectivity index is 1.47. The second-order valence-electron chi connectivity index (χ2n) is 6.07. The third kappa shape index (κ3) is 2.39. The smallest absolute Gasteiger partial charge is 0.215 e. The minimum Gasteiger partial charge on any atom is -0.361 e. The largest absolute Gasteiger partial charge is 0.361 e. The van der Waals surface area contributed by atoms with Crippen LogP contribution in [-0.2, 0) is 0 Å². The van der Waals surface area contributed by atoms with Gasteiger partial charge in [-0.15, -0.1) is 0 Å². The highest BCUT2D eigenvalue weighted by molar-refractivity contribution is 6.13. The number of nitrogens with zero attached hydrogens (tertiary/aromatic N) is 4. The molecule has 0 bridgehead atoms. The van der Waals surface area contributed by atoms with Crippen LogP contribution in [0.25, 0.3) is 5.57 Å². The lowest BCUT2D eigenvalue weighted by molar-refractivity contribution is 0.731. The van der Waals surface area contributed by atoms with Crippen molar-refractivity contribution < 1.29 is 0 Å². The highest BCUT2D eigenvalue weighted by Crippen LogP contribution is 2.28. The van der Waals surface area contributed by atoms with Gasteiger partial charge in [-0.3, -0.25) is 5.43 Å². The summed E-state index contributed by atoms with van der Waals surface area (Å²) in [6.07, 6.45) is 17.7. The van der Waals surface area contributed by atoms with E-state index in [1.807, 2.05) is 61.1 Å². The van der Waals surface area contributed by atoms with Crippen molar-refractivity contribution >= 4 is 22.8 Å². The van der Waals surface area contributed by atoms with E-state index in [4.69, 9.17) is 0 Å². The van der Waals surface area contributed by atoms with Gasteiger partial charge >= 0.3 is 0 Å². The summed E-state index contributed by atoms with van der Waals surface area (Å²) >= 11 is 0. The van der Waals surface area contributed by atoms with Crippen molar-refractivity contribution in [2.75, 3.05) is 5.32 Å². The number of amidine groups is 1. The van der Waals surface area contributed by atoms with E-state index in [1.54, 1.807) is 6.20 Å². The molecule has 6 nitrogen and oxygen atoms in total. The van der Waals surface area contributed by atoms with E-state index in [0.717, 1.165) is 28.4 Å². The molecule has 5 rings (SSSR count). The van der Waals surface area contributed by atoms with E-state index in [9.17, 15) is 0 Å². The number of hydrogen-bond acceptors (Lipinski definition) is 4. The summed E-state index contributed by atoms with van der Waals surface area (Å²) in [5, 5.41) is 7.70. The van der Waals surface area contributed by atoms with Crippen molar-refractivity contribution in [1.29, 1.82) is 0 Å². The highest BCUT2D eigenvalue weighted by Gasteiger charge is 2.26. The third-order valence-electron chi connectivity index (χ3n) is 4.51. The van der Waals surface area contributed by atoms with E-state index in [2.05, 4.69) is 42.5 Å². The molecule has 0 radical (unpaired) electrons. The molecule has 126 valence electrons. The summed E-state index contributed by atoms with van der Waals surface area (Å²) in [6, 6.07) is 8.24. The summed E-state index contributed by atoms with van der Waals surface area (Å²) < 4.78 is 2.08. The number of imidazole rings is 1. The lowest BCUT2D eigenvalue weighted by atomic mass is 10.0. The van der Waals surface area contributed by atoms with Gasteiger partial charge in [0, 0.05) is 41.6 Å². The quantitative estimate of drug-likeness (QED) is 0.825. The van der Waals surface area contributed by atoms with Crippen LogP contribution in [0.15, 0.2) is 89.5 Å². The molecule has 0 spiro atoms. The van der Waals surface area contributed by atoms with Crippen molar-refractivity contribution in [3.8, 4) is 0 Å². The maximum Gasteiger partial charge on any atom is 0.215 e. The van der Waals surface area contributed by atoms with Crippen LogP contribution in [0.2, 0.25) is 0 Å². The molecule has 0 saturated carbocycles. The fourth-order valence-electron chi connectivity index (χ4n) is 3.28. The molecule has 0 saturated heterocycles. The van der Waals surface area contributed by atoms with Crippen LogP contribution < -0.4 is 10.7 Å². The van der Waals surface area contributed by atoms with Gasteiger partial charge in [0.2, 0.25) is 5.84 Å². The van der Waals surface area contributed by atoms with Gasteiger partial charge in [-0.25, -0.2) is 9.98 Å². The topological polar surface area (TPSA) is 66.6 Å². The van der Waals surface area contributed by atoms with Crippen LogP contribution in [-0.4, -0.2) is 21.1 Å². The fourth-order valence-corrected chi connectivity index (χ4v) is 3.28. The number of aliphatic imine (C=N–C) groups is 1. The molecule has 6 heteroatoms. The average molecular weight is 340 g/mol. The summed E-state index contributed by atoms with van der Waals surface area (Å²) in [6.45, 7) is 0. The molecule has 1 aromatic carbocycles.